The molecule has 2 fully saturated rings. The number of hydrogen-bond donors (Lipinski definition) is 2. The Morgan fingerprint density at radius 2 is 2.00 bits per heavy atom. The monoisotopic (exact) mass is 199 g/mol. The summed E-state index contributed by atoms with van der Waals surface area (Å²) in [6.07, 6.45) is 7.14. The van der Waals surface area contributed by atoms with Crippen molar-refractivity contribution >= 4 is 0 Å². The molecule has 0 amide bonds. The molecule has 1 heterocycles. The van der Waals surface area contributed by atoms with Crippen molar-refractivity contribution in [2.45, 2.75) is 56.8 Å². The molecule has 82 valence electrons. The van der Waals surface area contributed by atoms with Gasteiger partial charge in [0.2, 0.25) is 0 Å². The van der Waals surface area contributed by atoms with Crippen molar-refractivity contribution in [1.82, 2.24) is 5.32 Å². The van der Waals surface area contributed by atoms with Gasteiger partial charge < -0.3 is 15.2 Å². The van der Waals surface area contributed by atoms with Gasteiger partial charge in [0, 0.05) is 19.2 Å². The normalized spacial score (nSPS) is 38.8. The summed E-state index contributed by atoms with van der Waals surface area (Å²) in [5.74, 6) is 0. The molecule has 2 N–H and O–H groups in total. The molecule has 0 spiro atoms. The lowest BCUT2D eigenvalue weighted by atomic mass is 9.92. The molecule has 1 unspecified atom stereocenters. The topological polar surface area (TPSA) is 41.5 Å². The van der Waals surface area contributed by atoms with Crippen LogP contribution in [0.25, 0.3) is 0 Å². The summed E-state index contributed by atoms with van der Waals surface area (Å²) in [5, 5.41) is 13.2. The number of ether oxygens (including phenoxy) is 1. The Hall–Kier alpha value is -0.120. The molecule has 0 aromatic rings. The van der Waals surface area contributed by atoms with Gasteiger partial charge in [-0.05, 0) is 25.7 Å². The van der Waals surface area contributed by atoms with Crippen LogP contribution in [0.1, 0.15) is 38.5 Å². The van der Waals surface area contributed by atoms with E-state index in [0.29, 0.717) is 12.1 Å². The number of rotatable bonds is 3. The molecule has 0 bridgehead atoms. The number of hydrogen-bond acceptors (Lipinski definition) is 3. The Morgan fingerprint density at radius 1 is 1.14 bits per heavy atom. The van der Waals surface area contributed by atoms with E-state index in [1.807, 2.05) is 0 Å². The van der Waals surface area contributed by atoms with Crippen LogP contribution in [0.3, 0.4) is 0 Å². The van der Waals surface area contributed by atoms with Crippen molar-refractivity contribution in [3.05, 3.63) is 0 Å². The second-order valence-corrected chi connectivity index (χ2v) is 4.50. The van der Waals surface area contributed by atoms with E-state index in [2.05, 4.69) is 5.32 Å². The third-order valence-corrected chi connectivity index (χ3v) is 3.36. The van der Waals surface area contributed by atoms with E-state index < -0.39 is 0 Å². The molecule has 0 aromatic carbocycles. The van der Waals surface area contributed by atoms with Gasteiger partial charge in [0.1, 0.15) is 0 Å². The second kappa shape index (κ2) is 5.10. The summed E-state index contributed by atoms with van der Waals surface area (Å²) < 4.78 is 5.54. The van der Waals surface area contributed by atoms with Crippen LogP contribution in [-0.4, -0.2) is 36.5 Å². The van der Waals surface area contributed by atoms with Crippen molar-refractivity contribution in [2.75, 3.05) is 13.2 Å². The first-order chi connectivity index (χ1) is 6.86. The summed E-state index contributed by atoms with van der Waals surface area (Å²) in [7, 11) is 0. The molecule has 3 heteroatoms. The maximum Gasteiger partial charge on any atom is 0.0700 e. The number of aliphatic hydroxyl groups is 1. The highest BCUT2D eigenvalue weighted by molar-refractivity contribution is 4.81. The highest BCUT2D eigenvalue weighted by Gasteiger charge is 2.24. The van der Waals surface area contributed by atoms with Crippen LogP contribution in [-0.2, 0) is 4.74 Å². The Kier molecular flexibility index (Phi) is 3.79. The zero-order valence-corrected chi connectivity index (χ0v) is 8.74. The van der Waals surface area contributed by atoms with Gasteiger partial charge in [0.25, 0.3) is 0 Å². The summed E-state index contributed by atoms with van der Waals surface area (Å²) in [6.45, 7) is 1.83. The van der Waals surface area contributed by atoms with Gasteiger partial charge in [-0.3, -0.25) is 0 Å². The number of aliphatic hydroxyl groups excluding tert-OH is 1. The van der Waals surface area contributed by atoms with Gasteiger partial charge in [0.15, 0.2) is 0 Å². The predicted molar refractivity (Wildman–Crippen MR) is 55.2 cm³/mol. The van der Waals surface area contributed by atoms with Crippen LogP contribution in [0.2, 0.25) is 0 Å². The van der Waals surface area contributed by atoms with Crippen molar-refractivity contribution in [3.8, 4) is 0 Å². The average Bonchev–Trinajstić information content (AvgIpc) is 2.69. The molecule has 2 rings (SSSR count). The summed E-state index contributed by atoms with van der Waals surface area (Å²) in [5.41, 5.74) is 0. The lowest BCUT2D eigenvalue weighted by Gasteiger charge is -2.29. The van der Waals surface area contributed by atoms with Crippen molar-refractivity contribution in [3.63, 3.8) is 0 Å². The molecule has 3 nitrogen and oxygen atoms in total. The molecule has 2 aliphatic rings. The minimum Gasteiger partial charge on any atom is -0.392 e. The molecule has 0 aromatic heterocycles. The fraction of sp³-hybridized carbons (Fsp3) is 1.00. The van der Waals surface area contributed by atoms with E-state index in [9.17, 15) is 5.11 Å². The van der Waals surface area contributed by atoms with E-state index in [1.54, 1.807) is 0 Å². The van der Waals surface area contributed by atoms with Crippen LogP contribution >= 0.6 is 0 Å². The summed E-state index contributed by atoms with van der Waals surface area (Å²) in [6, 6.07) is 0.313. The summed E-state index contributed by atoms with van der Waals surface area (Å²) >= 11 is 0. The second-order valence-electron chi connectivity index (χ2n) is 4.50. The van der Waals surface area contributed by atoms with Crippen LogP contribution in [0.4, 0.5) is 0 Å². The fourth-order valence-electron chi connectivity index (χ4n) is 2.44. The van der Waals surface area contributed by atoms with Crippen LogP contribution < -0.4 is 5.32 Å². The predicted octanol–water partition coefficient (Wildman–Crippen LogP) is 1.06. The molecular formula is C11H21NO2. The highest BCUT2D eigenvalue weighted by atomic mass is 16.5. The third-order valence-electron chi connectivity index (χ3n) is 3.36. The van der Waals surface area contributed by atoms with Crippen LogP contribution in [0.15, 0.2) is 0 Å². The first-order valence-electron chi connectivity index (χ1n) is 5.89. The minimum absolute atomic E-state index is 0.134. The SMILES string of the molecule is O[C@H]1CCCC[C@@H]1NCC1CCCO1. The lowest BCUT2D eigenvalue weighted by Crippen LogP contribution is -2.44. The lowest BCUT2D eigenvalue weighted by molar-refractivity contribution is 0.0696. The van der Waals surface area contributed by atoms with E-state index in [-0.39, 0.29) is 6.10 Å². The molecule has 3 atom stereocenters. The molecule has 1 aliphatic heterocycles. The van der Waals surface area contributed by atoms with Gasteiger partial charge in [0.05, 0.1) is 12.2 Å². The van der Waals surface area contributed by atoms with E-state index in [0.717, 1.165) is 26.0 Å². The smallest absolute Gasteiger partial charge is 0.0700 e. The Morgan fingerprint density at radius 3 is 2.71 bits per heavy atom. The minimum atomic E-state index is -0.134. The van der Waals surface area contributed by atoms with Gasteiger partial charge in [-0.2, -0.15) is 0 Å². The Balaban J connectivity index is 1.67. The maximum absolute atomic E-state index is 9.74. The van der Waals surface area contributed by atoms with E-state index in [1.165, 1.54) is 25.7 Å². The Bertz CT molecular complexity index is 169. The van der Waals surface area contributed by atoms with Gasteiger partial charge >= 0.3 is 0 Å². The van der Waals surface area contributed by atoms with Crippen molar-refractivity contribution in [2.24, 2.45) is 0 Å². The average molecular weight is 199 g/mol. The quantitative estimate of drug-likeness (QED) is 0.714. The zero-order valence-electron chi connectivity index (χ0n) is 8.74. The molecule has 1 saturated carbocycles. The standard InChI is InChI=1S/C11H21NO2/c13-11-6-2-1-5-10(11)12-8-9-4-3-7-14-9/h9-13H,1-8H2/t9?,10-,11-/m0/s1. The first kappa shape index (κ1) is 10.4. The molecule has 14 heavy (non-hydrogen) atoms. The highest BCUT2D eigenvalue weighted by Crippen LogP contribution is 2.19. The van der Waals surface area contributed by atoms with Gasteiger partial charge in [-0.1, -0.05) is 12.8 Å². The van der Waals surface area contributed by atoms with Crippen LogP contribution in [0.5, 0.6) is 0 Å². The molecule has 1 aliphatic carbocycles. The van der Waals surface area contributed by atoms with Crippen molar-refractivity contribution < 1.29 is 9.84 Å². The van der Waals surface area contributed by atoms with Crippen molar-refractivity contribution in [1.29, 1.82) is 0 Å². The maximum atomic E-state index is 9.74. The third kappa shape index (κ3) is 2.69. The summed E-state index contributed by atoms with van der Waals surface area (Å²) in [4.78, 5) is 0. The number of nitrogens with one attached hydrogen (secondary N) is 1. The van der Waals surface area contributed by atoms with Gasteiger partial charge in [-0.15, -0.1) is 0 Å². The zero-order chi connectivity index (χ0) is 9.80. The molecule has 0 radical (unpaired) electrons. The van der Waals surface area contributed by atoms with Crippen LogP contribution in [0, 0.1) is 0 Å². The largest absolute Gasteiger partial charge is 0.392 e. The fourth-order valence-corrected chi connectivity index (χ4v) is 2.44. The van der Waals surface area contributed by atoms with Gasteiger partial charge in [-0.25, -0.2) is 0 Å². The van der Waals surface area contributed by atoms with E-state index >= 15 is 0 Å². The molecular weight excluding hydrogens is 178 g/mol. The molecule has 1 saturated heterocycles. The Labute approximate surface area is 85.8 Å². The van der Waals surface area contributed by atoms with E-state index in [4.69, 9.17) is 4.74 Å². The first-order valence-corrected chi connectivity index (χ1v) is 5.89.